The summed E-state index contributed by atoms with van der Waals surface area (Å²) in [5, 5.41) is 11.2. The van der Waals surface area contributed by atoms with Crippen molar-refractivity contribution in [1.29, 1.82) is 0 Å². The van der Waals surface area contributed by atoms with Crippen molar-refractivity contribution in [2.45, 2.75) is 19.9 Å². The molecule has 0 bridgehead atoms. The number of hydrogen-bond acceptors (Lipinski definition) is 3. The fourth-order valence-electron chi connectivity index (χ4n) is 2.37. The van der Waals surface area contributed by atoms with E-state index in [-0.39, 0.29) is 11.8 Å². The summed E-state index contributed by atoms with van der Waals surface area (Å²) in [4.78, 5) is 14.6. The van der Waals surface area contributed by atoms with Crippen molar-refractivity contribution in [2.24, 2.45) is 11.8 Å². The first-order chi connectivity index (χ1) is 7.99. The van der Waals surface area contributed by atoms with E-state index in [0.29, 0.717) is 12.6 Å². The van der Waals surface area contributed by atoms with E-state index in [4.69, 9.17) is 5.11 Å². The molecule has 2 rings (SSSR count). The molecule has 17 heavy (non-hydrogen) atoms. The Labute approximate surface area is 114 Å². The smallest absolute Gasteiger partial charge is 0.308 e. The Morgan fingerprint density at radius 2 is 2.35 bits per heavy atom. The number of halogens is 1. The molecule has 3 nitrogen and oxygen atoms in total. The maximum atomic E-state index is 11.1. The maximum absolute atomic E-state index is 11.1. The minimum absolute atomic E-state index is 0.221. The van der Waals surface area contributed by atoms with Crippen molar-refractivity contribution in [3.8, 4) is 0 Å². The van der Waals surface area contributed by atoms with E-state index in [1.54, 1.807) is 11.3 Å². The molecule has 94 valence electrons. The lowest BCUT2D eigenvalue weighted by molar-refractivity contribution is -0.142. The monoisotopic (exact) mass is 317 g/mol. The van der Waals surface area contributed by atoms with E-state index in [9.17, 15) is 4.79 Å². The molecule has 2 heterocycles. The molecule has 3 atom stereocenters. The Kier molecular flexibility index (Phi) is 3.90. The van der Waals surface area contributed by atoms with Crippen LogP contribution in [0, 0.1) is 11.8 Å². The first kappa shape index (κ1) is 13.1. The highest BCUT2D eigenvalue weighted by Crippen LogP contribution is 2.34. The highest BCUT2D eigenvalue weighted by atomic mass is 79.9. The number of carboxylic acids is 1. The number of hydrogen-bond donors (Lipinski definition) is 1. The Morgan fingerprint density at radius 3 is 2.82 bits per heavy atom. The molecule has 0 amide bonds. The number of nitrogens with zero attached hydrogens (tertiary/aromatic N) is 1. The van der Waals surface area contributed by atoms with Gasteiger partial charge in [0, 0.05) is 33.9 Å². The van der Waals surface area contributed by atoms with Gasteiger partial charge in [0.1, 0.15) is 0 Å². The number of rotatable bonds is 3. The summed E-state index contributed by atoms with van der Waals surface area (Å²) in [6.45, 7) is 5.70. The fourth-order valence-corrected chi connectivity index (χ4v) is 3.91. The third-order valence-electron chi connectivity index (χ3n) is 3.51. The van der Waals surface area contributed by atoms with Crippen LogP contribution in [0.1, 0.15) is 24.8 Å². The van der Waals surface area contributed by atoms with Crippen molar-refractivity contribution in [3.05, 3.63) is 20.8 Å². The van der Waals surface area contributed by atoms with Crippen molar-refractivity contribution in [2.75, 3.05) is 13.1 Å². The molecule has 0 radical (unpaired) electrons. The Hall–Kier alpha value is -0.390. The van der Waals surface area contributed by atoms with E-state index >= 15 is 0 Å². The van der Waals surface area contributed by atoms with Gasteiger partial charge in [-0.3, -0.25) is 9.69 Å². The van der Waals surface area contributed by atoms with Crippen LogP contribution in [0.15, 0.2) is 15.9 Å². The van der Waals surface area contributed by atoms with Crippen molar-refractivity contribution in [3.63, 3.8) is 0 Å². The number of carbonyl (C=O) groups is 1. The van der Waals surface area contributed by atoms with Crippen molar-refractivity contribution in [1.82, 2.24) is 4.90 Å². The molecule has 0 spiro atoms. The molecule has 0 aliphatic carbocycles. The molecule has 1 saturated heterocycles. The van der Waals surface area contributed by atoms with Gasteiger partial charge in [0.25, 0.3) is 0 Å². The van der Waals surface area contributed by atoms with Crippen molar-refractivity contribution >= 4 is 33.2 Å². The summed E-state index contributed by atoms with van der Waals surface area (Å²) in [7, 11) is 0. The first-order valence-electron chi connectivity index (χ1n) is 5.70. The lowest BCUT2D eigenvalue weighted by Gasteiger charge is -2.22. The van der Waals surface area contributed by atoms with E-state index in [1.807, 2.05) is 6.92 Å². The molecule has 1 aromatic heterocycles. The topological polar surface area (TPSA) is 40.5 Å². The quantitative estimate of drug-likeness (QED) is 0.930. The number of aliphatic carboxylic acids is 1. The normalized spacial score (nSPS) is 27.2. The van der Waals surface area contributed by atoms with Crippen LogP contribution in [-0.2, 0) is 4.79 Å². The van der Waals surface area contributed by atoms with Crippen LogP contribution in [0.5, 0.6) is 0 Å². The number of carboxylic acid groups (broad SMARTS) is 1. The molecule has 1 aliphatic rings. The second-order valence-electron chi connectivity index (χ2n) is 4.72. The number of thiophene rings is 1. The standard InChI is InChI=1S/C12H16BrNO2S/c1-7-4-14(5-10(7)12(15)16)8(2)11-3-9(13)6-17-11/h3,6-8,10H,4-5H2,1-2H3,(H,15,16)/t7-,8?,10-/m1/s1. The lowest BCUT2D eigenvalue weighted by atomic mass is 9.99. The van der Waals surface area contributed by atoms with Gasteiger partial charge in [-0.25, -0.2) is 0 Å². The van der Waals surface area contributed by atoms with Crippen LogP contribution < -0.4 is 0 Å². The van der Waals surface area contributed by atoms with E-state index in [1.165, 1.54) is 4.88 Å². The summed E-state index contributed by atoms with van der Waals surface area (Å²) in [5.74, 6) is -0.654. The van der Waals surface area contributed by atoms with Gasteiger partial charge in [-0.2, -0.15) is 0 Å². The van der Waals surface area contributed by atoms with Gasteiger partial charge in [0.2, 0.25) is 0 Å². The predicted molar refractivity (Wildman–Crippen MR) is 72.3 cm³/mol. The van der Waals surface area contributed by atoms with Crippen LogP contribution >= 0.6 is 27.3 Å². The largest absolute Gasteiger partial charge is 0.481 e. The minimum Gasteiger partial charge on any atom is -0.481 e. The zero-order valence-electron chi connectivity index (χ0n) is 9.89. The molecule has 1 unspecified atom stereocenters. The van der Waals surface area contributed by atoms with Gasteiger partial charge in [0.05, 0.1) is 5.92 Å². The van der Waals surface area contributed by atoms with E-state index < -0.39 is 5.97 Å². The lowest BCUT2D eigenvalue weighted by Crippen LogP contribution is -2.25. The molecule has 5 heteroatoms. The summed E-state index contributed by atoms with van der Waals surface area (Å²) in [6.07, 6.45) is 0. The summed E-state index contributed by atoms with van der Waals surface area (Å²) >= 11 is 5.17. The van der Waals surface area contributed by atoms with Crippen LogP contribution in [0.25, 0.3) is 0 Å². The fraction of sp³-hybridized carbons (Fsp3) is 0.583. The highest BCUT2D eigenvalue weighted by Gasteiger charge is 2.37. The molecule has 0 aromatic carbocycles. The second-order valence-corrected chi connectivity index (χ2v) is 6.58. The zero-order valence-corrected chi connectivity index (χ0v) is 12.3. The van der Waals surface area contributed by atoms with Gasteiger partial charge in [0.15, 0.2) is 0 Å². The molecule has 1 aromatic rings. The average molecular weight is 318 g/mol. The third-order valence-corrected chi connectivity index (χ3v) is 5.37. The first-order valence-corrected chi connectivity index (χ1v) is 7.37. The predicted octanol–water partition coefficient (Wildman–Crippen LogP) is 3.22. The Bertz CT molecular complexity index is 420. The molecule has 0 saturated carbocycles. The van der Waals surface area contributed by atoms with Gasteiger partial charge in [-0.15, -0.1) is 11.3 Å². The van der Waals surface area contributed by atoms with Crippen LogP contribution in [0.3, 0.4) is 0 Å². The second kappa shape index (κ2) is 5.08. The van der Waals surface area contributed by atoms with Crippen molar-refractivity contribution < 1.29 is 9.90 Å². The molecule has 1 N–H and O–H groups in total. The van der Waals surface area contributed by atoms with Gasteiger partial charge < -0.3 is 5.11 Å². The summed E-state index contributed by atoms with van der Waals surface area (Å²) < 4.78 is 1.10. The Balaban J connectivity index is 2.07. The zero-order chi connectivity index (χ0) is 12.6. The van der Waals surface area contributed by atoms with E-state index in [2.05, 4.69) is 39.2 Å². The minimum atomic E-state index is -0.667. The van der Waals surface area contributed by atoms with Crippen LogP contribution in [0.4, 0.5) is 0 Å². The van der Waals surface area contributed by atoms with Gasteiger partial charge in [-0.05, 0) is 34.8 Å². The number of likely N-dealkylation sites (tertiary alicyclic amines) is 1. The molecular weight excluding hydrogens is 302 g/mol. The maximum Gasteiger partial charge on any atom is 0.308 e. The van der Waals surface area contributed by atoms with Crippen LogP contribution in [0.2, 0.25) is 0 Å². The summed E-state index contributed by atoms with van der Waals surface area (Å²) in [5.41, 5.74) is 0. The molecule has 1 aliphatic heterocycles. The Morgan fingerprint density at radius 1 is 1.65 bits per heavy atom. The van der Waals surface area contributed by atoms with Gasteiger partial charge in [-0.1, -0.05) is 6.92 Å². The van der Waals surface area contributed by atoms with Crippen LogP contribution in [-0.4, -0.2) is 29.1 Å². The SMILES string of the molecule is CC(c1cc(Br)cs1)N1C[C@@H](C)[C@H](C(=O)O)C1. The van der Waals surface area contributed by atoms with E-state index in [0.717, 1.165) is 11.0 Å². The molecular formula is C12H16BrNO2S. The third kappa shape index (κ3) is 2.72. The van der Waals surface area contributed by atoms with Gasteiger partial charge >= 0.3 is 5.97 Å². The highest BCUT2D eigenvalue weighted by molar-refractivity contribution is 9.10. The summed E-state index contributed by atoms with van der Waals surface area (Å²) in [6, 6.07) is 2.42. The average Bonchev–Trinajstić information content (AvgIpc) is 2.83. The molecule has 1 fully saturated rings.